The SMILES string of the molecule is CC(C)CC(=O)N1CCc2ccc(C(C)O)cc2C1. The predicted molar refractivity (Wildman–Crippen MR) is 75.7 cm³/mol. The molecule has 0 aliphatic carbocycles. The Bertz CT molecular complexity index is 466. The average Bonchev–Trinajstić information content (AvgIpc) is 2.36. The van der Waals surface area contributed by atoms with Crippen molar-refractivity contribution in [3.8, 4) is 0 Å². The van der Waals surface area contributed by atoms with E-state index in [2.05, 4.69) is 19.9 Å². The van der Waals surface area contributed by atoms with Gasteiger partial charge in [0.15, 0.2) is 0 Å². The van der Waals surface area contributed by atoms with Gasteiger partial charge in [-0.15, -0.1) is 0 Å². The summed E-state index contributed by atoms with van der Waals surface area (Å²) in [6.45, 7) is 7.41. The van der Waals surface area contributed by atoms with Crippen LogP contribution in [-0.4, -0.2) is 22.5 Å². The van der Waals surface area contributed by atoms with Crippen LogP contribution in [0, 0.1) is 5.92 Å². The number of fused-ring (bicyclic) bond motifs is 1. The summed E-state index contributed by atoms with van der Waals surface area (Å²) < 4.78 is 0. The van der Waals surface area contributed by atoms with Crippen LogP contribution in [0.15, 0.2) is 18.2 Å². The van der Waals surface area contributed by atoms with Gasteiger partial charge in [-0.25, -0.2) is 0 Å². The molecule has 1 aliphatic rings. The first-order chi connectivity index (χ1) is 8.97. The zero-order chi connectivity index (χ0) is 14.0. The molecule has 3 heteroatoms. The van der Waals surface area contributed by atoms with E-state index in [0.29, 0.717) is 18.9 Å². The van der Waals surface area contributed by atoms with Gasteiger partial charge >= 0.3 is 0 Å². The Morgan fingerprint density at radius 3 is 2.68 bits per heavy atom. The molecule has 2 rings (SSSR count). The molecule has 0 spiro atoms. The molecule has 1 N–H and O–H groups in total. The molecule has 0 radical (unpaired) electrons. The quantitative estimate of drug-likeness (QED) is 0.908. The number of carbonyl (C=O) groups excluding carboxylic acids is 1. The van der Waals surface area contributed by atoms with Gasteiger partial charge in [-0.1, -0.05) is 32.0 Å². The van der Waals surface area contributed by atoms with E-state index in [9.17, 15) is 9.90 Å². The number of carbonyl (C=O) groups is 1. The van der Waals surface area contributed by atoms with Crippen molar-refractivity contribution >= 4 is 5.91 Å². The summed E-state index contributed by atoms with van der Waals surface area (Å²) in [5.41, 5.74) is 3.41. The van der Waals surface area contributed by atoms with Gasteiger partial charge in [-0.2, -0.15) is 0 Å². The normalized spacial score (nSPS) is 16.4. The third-order valence-corrected chi connectivity index (χ3v) is 3.66. The molecule has 1 aromatic carbocycles. The van der Waals surface area contributed by atoms with Crippen LogP contribution in [0.1, 0.15) is 50.0 Å². The van der Waals surface area contributed by atoms with Crippen molar-refractivity contribution in [3.05, 3.63) is 34.9 Å². The van der Waals surface area contributed by atoms with Crippen LogP contribution in [0.25, 0.3) is 0 Å². The second kappa shape index (κ2) is 5.74. The molecule has 3 nitrogen and oxygen atoms in total. The molecular formula is C16H23NO2. The molecule has 0 saturated carbocycles. The molecule has 0 bridgehead atoms. The van der Waals surface area contributed by atoms with Crippen molar-refractivity contribution in [2.24, 2.45) is 5.92 Å². The summed E-state index contributed by atoms with van der Waals surface area (Å²) >= 11 is 0. The van der Waals surface area contributed by atoms with E-state index in [-0.39, 0.29) is 5.91 Å². The minimum atomic E-state index is -0.452. The highest BCUT2D eigenvalue weighted by atomic mass is 16.3. The molecule has 0 saturated heterocycles. The van der Waals surface area contributed by atoms with Gasteiger partial charge in [0.2, 0.25) is 5.91 Å². The first kappa shape index (κ1) is 14.1. The molecule has 1 heterocycles. The average molecular weight is 261 g/mol. The number of amides is 1. The Morgan fingerprint density at radius 1 is 1.32 bits per heavy atom. The smallest absolute Gasteiger partial charge is 0.223 e. The highest BCUT2D eigenvalue weighted by molar-refractivity contribution is 5.76. The molecule has 0 fully saturated rings. The van der Waals surface area contributed by atoms with Gasteiger partial charge in [-0.05, 0) is 36.0 Å². The minimum Gasteiger partial charge on any atom is -0.389 e. The maximum absolute atomic E-state index is 12.1. The summed E-state index contributed by atoms with van der Waals surface area (Å²) in [5, 5.41) is 9.64. The zero-order valence-electron chi connectivity index (χ0n) is 12.0. The van der Waals surface area contributed by atoms with E-state index in [4.69, 9.17) is 0 Å². The van der Waals surface area contributed by atoms with Crippen molar-refractivity contribution in [1.29, 1.82) is 0 Å². The number of benzene rings is 1. The Balaban J connectivity index is 2.13. The fourth-order valence-corrected chi connectivity index (χ4v) is 2.53. The van der Waals surface area contributed by atoms with E-state index in [0.717, 1.165) is 18.5 Å². The Kier molecular flexibility index (Phi) is 4.25. The number of hydrogen-bond acceptors (Lipinski definition) is 2. The van der Waals surface area contributed by atoms with Gasteiger partial charge in [-0.3, -0.25) is 4.79 Å². The summed E-state index contributed by atoms with van der Waals surface area (Å²) in [6, 6.07) is 6.10. The molecule has 1 aromatic rings. The number of aliphatic hydroxyl groups excluding tert-OH is 1. The number of rotatable bonds is 3. The van der Waals surface area contributed by atoms with E-state index < -0.39 is 6.10 Å². The summed E-state index contributed by atoms with van der Waals surface area (Å²) in [4.78, 5) is 14.1. The first-order valence-corrected chi connectivity index (χ1v) is 7.05. The number of nitrogens with zero attached hydrogens (tertiary/aromatic N) is 1. The third-order valence-electron chi connectivity index (χ3n) is 3.66. The van der Waals surface area contributed by atoms with E-state index >= 15 is 0 Å². The van der Waals surface area contributed by atoms with Crippen LogP contribution >= 0.6 is 0 Å². The van der Waals surface area contributed by atoms with Gasteiger partial charge in [0, 0.05) is 19.5 Å². The van der Waals surface area contributed by atoms with Gasteiger partial charge in [0.25, 0.3) is 0 Å². The second-order valence-electron chi connectivity index (χ2n) is 5.87. The standard InChI is InChI=1S/C16H23NO2/c1-11(2)8-16(19)17-7-6-13-4-5-14(12(3)18)9-15(13)10-17/h4-5,9,11-12,18H,6-8,10H2,1-3H3. The van der Waals surface area contributed by atoms with Gasteiger partial charge in [0.1, 0.15) is 0 Å². The van der Waals surface area contributed by atoms with Crippen molar-refractivity contribution in [2.45, 2.75) is 46.3 Å². The van der Waals surface area contributed by atoms with Crippen LogP contribution < -0.4 is 0 Å². The molecule has 0 aromatic heterocycles. The maximum atomic E-state index is 12.1. The van der Waals surface area contributed by atoms with Crippen molar-refractivity contribution in [2.75, 3.05) is 6.54 Å². The summed E-state index contributed by atoms with van der Waals surface area (Å²) in [6.07, 6.45) is 1.08. The molecule has 1 unspecified atom stereocenters. The summed E-state index contributed by atoms with van der Waals surface area (Å²) in [5.74, 6) is 0.640. The first-order valence-electron chi connectivity index (χ1n) is 7.05. The third kappa shape index (κ3) is 3.35. The molecule has 1 atom stereocenters. The minimum absolute atomic E-state index is 0.239. The molecular weight excluding hydrogens is 238 g/mol. The van der Waals surface area contributed by atoms with Crippen LogP contribution in [0.2, 0.25) is 0 Å². The van der Waals surface area contributed by atoms with Crippen LogP contribution in [0.3, 0.4) is 0 Å². The fraction of sp³-hybridized carbons (Fsp3) is 0.562. The maximum Gasteiger partial charge on any atom is 0.223 e. The second-order valence-corrected chi connectivity index (χ2v) is 5.87. The fourth-order valence-electron chi connectivity index (χ4n) is 2.53. The van der Waals surface area contributed by atoms with Crippen molar-refractivity contribution in [3.63, 3.8) is 0 Å². The monoisotopic (exact) mass is 261 g/mol. The lowest BCUT2D eigenvalue weighted by molar-refractivity contribution is -0.132. The predicted octanol–water partition coefficient (Wildman–Crippen LogP) is 2.67. The van der Waals surface area contributed by atoms with E-state index in [1.54, 1.807) is 6.92 Å². The molecule has 1 aliphatic heterocycles. The van der Waals surface area contributed by atoms with Gasteiger partial charge in [0.05, 0.1) is 6.10 Å². The van der Waals surface area contributed by atoms with Crippen molar-refractivity contribution in [1.82, 2.24) is 4.90 Å². The summed E-state index contributed by atoms with van der Waals surface area (Å²) in [7, 11) is 0. The lowest BCUT2D eigenvalue weighted by Crippen LogP contribution is -2.36. The molecule has 19 heavy (non-hydrogen) atoms. The molecule has 1 amide bonds. The number of aliphatic hydroxyl groups is 1. The van der Waals surface area contributed by atoms with Crippen LogP contribution in [0.5, 0.6) is 0 Å². The zero-order valence-corrected chi connectivity index (χ0v) is 12.0. The van der Waals surface area contributed by atoms with Crippen LogP contribution in [-0.2, 0) is 17.8 Å². The van der Waals surface area contributed by atoms with Gasteiger partial charge < -0.3 is 10.0 Å². The van der Waals surface area contributed by atoms with E-state index in [1.807, 2.05) is 17.0 Å². The molecule has 104 valence electrons. The van der Waals surface area contributed by atoms with E-state index in [1.165, 1.54) is 11.1 Å². The number of hydrogen-bond donors (Lipinski definition) is 1. The highest BCUT2D eigenvalue weighted by Gasteiger charge is 2.21. The largest absolute Gasteiger partial charge is 0.389 e. The van der Waals surface area contributed by atoms with Crippen LogP contribution in [0.4, 0.5) is 0 Å². The Labute approximate surface area is 115 Å². The highest BCUT2D eigenvalue weighted by Crippen LogP contribution is 2.24. The lowest BCUT2D eigenvalue weighted by atomic mass is 9.95. The Hall–Kier alpha value is -1.35. The Morgan fingerprint density at radius 2 is 2.05 bits per heavy atom. The topological polar surface area (TPSA) is 40.5 Å². The van der Waals surface area contributed by atoms with Crippen molar-refractivity contribution < 1.29 is 9.90 Å². The lowest BCUT2D eigenvalue weighted by Gasteiger charge is -2.30.